The molecule has 0 aliphatic carbocycles. The number of nitrogens with one attached hydrogen (secondary N) is 1. The Morgan fingerprint density at radius 2 is 2.03 bits per heavy atom. The van der Waals surface area contributed by atoms with Crippen molar-refractivity contribution in [3.05, 3.63) is 63.2 Å². The minimum Gasteiger partial charge on any atom is -0.447 e. The molecule has 2 fully saturated rings. The number of rotatable bonds is 5. The van der Waals surface area contributed by atoms with Gasteiger partial charge in [-0.25, -0.2) is 9.78 Å². The first-order valence-electron chi connectivity index (χ1n) is 11.9. The highest BCUT2D eigenvalue weighted by Crippen LogP contribution is 2.33. The van der Waals surface area contributed by atoms with Gasteiger partial charge in [-0.2, -0.15) is 9.36 Å². The van der Waals surface area contributed by atoms with Crippen LogP contribution in [0.4, 0.5) is 15.6 Å². The first kappa shape index (κ1) is 23.7. The predicted molar refractivity (Wildman–Crippen MR) is 143 cm³/mol. The number of carbonyl (C=O) groups excluding carboxylic acids is 1. The molecule has 10 nitrogen and oxygen atoms in total. The lowest BCUT2D eigenvalue weighted by molar-refractivity contribution is 0.153. The monoisotopic (exact) mass is 537 g/mol. The molecule has 0 unspecified atom stereocenters. The van der Waals surface area contributed by atoms with Crippen molar-refractivity contribution in [1.29, 1.82) is 0 Å². The highest BCUT2D eigenvalue weighted by molar-refractivity contribution is 7.09. The van der Waals surface area contributed by atoms with Crippen LogP contribution in [0.5, 0.6) is 0 Å². The predicted octanol–water partition coefficient (Wildman–Crippen LogP) is 3.90. The van der Waals surface area contributed by atoms with Crippen molar-refractivity contribution in [1.82, 2.24) is 23.8 Å². The topological polar surface area (TPSA) is 128 Å². The number of carbonyl (C=O) groups is 1. The third-order valence-corrected chi connectivity index (χ3v) is 7.72. The normalized spacial score (nSPS) is 19.2. The third-order valence-electron chi connectivity index (χ3n) is 6.93. The maximum absolute atomic E-state index is 13.7. The van der Waals surface area contributed by atoms with Gasteiger partial charge in [-0.3, -0.25) is 9.36 Å². The number of anilines is 2. The zero-order valence-corrected chi connectivity index (χ0v) is 21.6. The van der Waals surface area contributed by atoms with Crippen LogP contribution in [0.3, 0.4) is 0 Å². The summed E-state index contributed by atoms with van der Waals surface area (Å²) in [7, 11) is 0. The summed E-state index contributed by atoms with van der Waals surface area (Å²) in [6.07, 6.45) is 1.24. The van der Waals surface area contributed by atoms with E-state index in [1.807, 2.05) is 31.2 Å². The Bertz CT molecular complexity index is 1570. The van der Waals surface area contributed by atoms with Crippen LogP contribution in [0.2, 0.25) is 5.02 Å². The van der Waals surface area contributed by atoms with Gasteiger partial charge < -0.3 is 20.7 Å². The van der Waals surface area contributed by atoms with Crippen molar-refractivity contribution >= 4 is 50.9 Å². The van der Waals surface area contributed by atoms with Gasteiger partial charge in [0.25, 0.3) is 5.56 Å². The van der Waals surface area contributed by atoms with E-state index in [1.165, 1.54) is 0 Å². The molecule has 1 amide bonds. The number of nitrogens with zero attached hydrogens (tertiary/aromatic N) is 5. The van der Waals surface area contributed by atoms with E-state index in [2.05, 4.69) is 14.7 Å². The van der Waals surface area contributed by atoms with Gasteiger partial charge in [-0.05, 0) is 49.6 Å². The molecule has 3 N–H and O–H groups in total. The van der Waals surface area contributed by atoms with Crippen LogP contribution in [-0.4, -0.2) is 55.1 Å². The molecule has 0 radical (unpaired) electrons. The van der Waals surface area contributed by atoms with Gasteiger partial charge in [-0.1, -0.05) is 23.7 Å². The molecule has 0 saturated carbocycles. The van der Waals surface area contributed by atoms with Crippen molar-refractivity contribution in [2.75, 3.05) is 24.2 Å². The number of hydrogen-bond acceptors (Lipinski definition) is 9. The molecular formula is C25H24ClN7O3S. The number of piperidine rings is 1. The quantitative estimate of drug-likeness (QED) is 0.392. The molecule has 37 heavy (non-hydrogen) atoms. The second-order valence-corrected chi connectivity index (χ2v) is 10.6. The molecule has 12 heteroatoms. The molecule has 6 rings (SSSR count). The minimum absolute atomic E-state index is 0.0385. The van der Waals surface area contributed by atoms with Crippen molar-refractivity contribution in [3.8, 4) is 11.4 Å². The zero-order chi connectivity index (χ0) is 25.7. The van der Waals surface area contributed by atoms with Crippen LogP contribution in [0.25, 0.3) is 22.3 Å². The maximum Gasteiger partial charge on any atom is 0.410 e. The van der Waals surface area contributed by atoms with E-state index in [0.717, 1.165) is 41.2 Å². The second kappa shape index (κ2) is 9.31. The summed E-state index contributed by atoms with van der Waals surface area (Å²) in [6, 6.07) is 11.2. The fourth-order valence-corrected chi connectivity index (χ4v) is 5.61. The van der Waals surface area contributed by atoms with E-state index >= 15 is 0 Å². The van der Waals surface area contributed by atoms with Crippen molar-refractivity contribution in [2.24, 2.45) is 0 Å². The molecule has 0 spiro atoms. The van der Waals surface area contributed by atoms with Crippen LogP contribution in [0.15, 0.2) is 41.2 Å². The number of nitrogens with two attached hydrogens (primary N) is 1. The van der Waals surface area contributed by atoms with Crippen LogP contribution < -0.4 is 16.6 Å². The van der Waals surface area contributed by atoms with E-state index in [4.69, 9.17) is 27.1 Å². The summed E-state index contributed by atoms with van der Waals surface area (Å²) in [5, 5.41) is 5.09. The number of halogens is 1. The molecule has 2 saturated heterocycles. The van der Waals surface area contributed by atoms with Gasteiger partial charge in [0.2, 0.25) is 0 Å². The summed E-state index contributed by atoms with van der Waals surface area (Å²) >= 11 is 7.14. The second-order valence-electron chi connectivity index (χ2n) is 9.34. The smallest absolute Gasteiger partial charge is 0.410 e. The average molecular weight is 538 g/mol. The maximum atomic E-state index is 13.7. The Morgan fingerprint density at radius 3 is 2.78 bits per heavy atom. The lowest BCUT2D eigenvalue weighted by Gasteiger charge is -2.33. The summed E-state index contributed by atoms with van der Waals surface area (Å²) < 4.78 is 11.3. The highest BCUT2D eigenvalue weighted by Gasteiger charge is 2.38. The van der Waals surface area contributed by atoms with Crippen LogP contribution in [0.1, 0.15) is 24.2 Å². The molecule has 4 aromatic rings. The molecule has 2 atom stereocenters. The highest BCUT2D eigenvalue weighted by atomic mass is 35.5. The molecule has 4 heterocycles. The average Bonchev–Trinajstić information content (AvgIpc) is 3.48. The van der Waals surface area contributed by atoms with Crippen molar-refractivity contribution < 1.29 is 9.53 Å². The van der Waals surface area contributed by atoms with Gasteiger partial charge >= 0.3 is 6.09 Å². The number of amides is 1. The number of aryl methyl sites for hydroxylation is 1. The van der Waals surface area contributed by atoms with Crippen molar-refractivity contribution in [2.45, 2.75) is 38.4 Å². The van der Waals surface area contributed by atoms with Gasteiger partial charge in [0.15, 0.2) is 11.0 Å². The van der Waals surface area contributed by atoms with Gasteiger partial charge in [0.1, 0.15) is 12.4 Å². The molecule has 2 aromatic carbocycles. The Labute approximate surface area is 221 Å². The Kier molecular flexibility index (Phi) is 5.96. The zero-order valence-electron chi connectivity index (χ0n) is 20.0. The molecule has 190 valence electrons. The van der Waals surface area contributed by atoms with Gasteiger partial charge in [0.05, 0.1) is 23.5 Å². The lowest BCUT2D eigenvalue weighted by Crippen LogP contribution is -2.45. The molecule has 2 aliphatic rings. The number of cyclic esters (lactones) is 1. The number of hydrogen-bond donors (Lipinski definition) is 2. The number of fused-ring (bicyclic) bond motifs is 2. The first-order chi connectivity index (χ1) is 17.9. The third kappa shape index (κ3) is 4.49. The summed E-state index contributed by atoms with van der Waals surface area (Å²) in [4.78, 5) is 36.5. The molecular weight excluding hydrogens is 514 g/mol. The van der Waals surface area contributed by atoms with E-state index in [-0.39, 0.29) is 23.7 Å². The van der Waals surface area contributed by atoms with Crippen LogP contribution in [-0.2, 0) is 11.3 Å². The van der Waals surface area contributed by atoms with Gasteiger partial charge in [0, 0.05) is 40.4 Å². The van der Waals surface area contributed by atoms with E-state index < -0.39 is 0 Å². The summed E-state index contributed by atoms with van der Waals surface area (Å²) in [6.45, 7) is 3.21. The van der Waals surface area contributed by atoms with E-state index in [1.54, 1.807) is 21.6 Å². The number of benzene rings is 2. The standard InChI is InChI=1S/C25H24ClN7O3S/c1-13-28-21-9-18(22-30-24(27)37-31-22)20(29-16-6-7-32-17(8-16)12-36-25(32)35)10-19(21)23(34)33(13)11-14-2-4-15(26)5-3-14/h2-5,9-10,16-17,29H,6-8,11-12H2,1H3,(H2,27,30,31)/t16-,17-/m0/s1. The lowest BCUT2D eigenvalue weighted by atomic mass is 9.97. The fourth-order valence-electron chi connectivity index (χ4n) is 5.04. The minimum atomic E-state index is -0.250. The van der Waals surface area contributed by atoms with E-state index in [9.17, 15) is 9.59 Å². The SMILES string of the molecule is Cc1nc2cc(-c3nsc(N)n3)c(N[C@H]3CCN4C(=O)OC[C@@H]4C3)cc2c(=O)n1Cc1ccc(Cl)cc1. The van der Waals surface area contributed by atoms with Crippen LogP contribution in [0, 0.1) is 6.92 Å². The molecule has 2 aliphatic heterocycles. The first-order valence-corrected chi connectivity index (χ1v) is 13.1. The Balaban J connectivity index is 1.41. The largest absolute Gasteiger partial charge is 0.447 e. The van der Waals surface area contributed by atoms with Gasteiger partial charge in [-0.15, -0.1) is 0 Å². The fraction of sp³-hybridized carbons (Fsp3) is 0.320. The van der Waals surface area contributed by atoms with Crippen molar-refractivity contribution in [3.63, 3.8) is 0 Å². The Morgan fingerprint density at radius 1 is 1.22 bits per heavy atom. The summed E-state index contributed by atoms with van der Waals surface area (Å²) in [5.74, 6) is 1.08. The number of aromatic nitrogens is 4. The van der Waals surface area contributed by atoms with E-state index in [0.29, 0.717) is 52.4 Å². The van der Waals surface area contributed by atoms with Crippen LogP contribution >= 0.6 is 23.1 Å². The molecule has 0 bridgehead atoms. The Hall–Kier alpha value is -3.70. The number of nitrogen functional groups attached to an aromatic ring is 1. The molecule has 2 aromatic heterocycles. The number of ether oxygens (including phenoxy) is 1. The summed E-state index contributed by atoms with van der Waals surface area (Å²) in [5.41, 5.74) is 8.72.